The van der Waals surface area contributed by atoms with E-state index in [1.165, 1.54) is 12.1 Å². The van der Waals surface area contributed by atoms with Gasteiger partial charge in [-0.25, -0.2) is 0 Å². The molecule has 0 bridgehead atoms. The van der Waals surface area contributed by atoms with Crippen LogP contribution in [0, 0.1) is 0 Å². The van der Waals surface area contributed by atoms with E-state index in [9.17, 15) is 18.0 Å². The lowest BCUT2D eigenvalue weighted by atomic mass is 10.1. The number of carbonyl (C=O) groups is 1. The van der Waals surface area contributed by atoms with Crippen molar-refractivity contribution >= 4 is 5.91 Å². The van der Waals surface area contributed by atoms with E-state index in [1.54, 1.807) is 0 Å². The first-order valence-corrected chi connectivity index (χ1v) is 9.03. The summed E-state index contributed by atoms with van der Waals surface area (Å²) in [4.78, 5) is 16.3. The van der Waals surface area contributed by atoms with Crippen LogP contribution in [-0.4, -0.2) is 54.6 Å². The lowest BCUT2D eigenvalue weighted by Gasteiger charge is -2.22. The number of alkyl halides is 3. The zero-order chi connectivity index (χ0) is 19.2. The average molecular weight is 372 g/mol. The molecule has 0 aromatic heterocycles. The number of amides is 1. The summed E-state index contributed by atoms with van der Waals surface area (Å²) in [7, 11) is 0. The van der Waals surface area contributed by atoms with Gasteiger partial charge in [-0.2, -0.15) is 13.2 Å². The lowest BCUT2D eigenvalue weighted by molar-refractivity contribution is -0.137. The minimum Gasteiger partial charge on any atom is -0.378 e. The molecule has 2 rings (SSSR count). The molecule has 1 fully saturated rings. The zero-order valence-electron chi connectivity index (χ0n) is 15.4. The van der Waals surface area contributed by atoms with Crippen molar-refractivity contribution in [3.05, 3.63) is 35.4 Å². The number of carbonyl (C=O) groups excluding carboxylic acids is 1. The molecule has 4 nitrogen and oxygen atoms in total. The highest BCUT2D eigenvalue weighted by atomic mass is 19.4. The van der Waals surface area contributed by atoms with Crippen LogP contribution >= 0.6 is 0 Å². The molecule has 1 aromatic rings. The number of hydrogen-bond donors (Lipinski definition) is 0. The number of halogens is 3. The largest absolute Gasteiger partial charge is 0.416 e. The smallest absolute Gasteiger partial charge is 0.378 e. The van der Waals surface area contributed by atoms with Crippen LogP contribution in [-0.2, 0) is 22.3 Å². The predicted octanol–water partition coefficient (Wildman–Crippen LogP) is 3.55. The maximum Gasteiger partial charge on any atom is 0.416 e. The van der Waals surface area contributed by atoms with E-state index >= 15 is 0 Å². The number of benzene rings is 1. The normalized spacial score (nSPS) is 16.8. The molecule has 1 aromatic carbocycles. The molecule has 0 saturated carbocycles. The van der Waals surface area contributed by atoms with Gasteiger partial charge in [-0.3, -0.25) is 9.69 Å². The SMILES string of the molecule is CC(C)OCCC(=O)N1CCCN(Cc2ccc(C(F)(F)F)cc2)CC1. The monoisotopic (exact) mass is 372 g/mol. The number of rotatable bonds is 6. The standard InChI is InChI=1S/C19H27F3N2O2/c1-15(2)26-13-8-18(25)24-10-3-9-23(11-12-24)14-16-4-6-17(7-5-16)19(20,21)22/h4-7,15H,3,8-14H2,1-2H3. The summed E-state index contributed by atoms with van der Waals surface area (Å²) in [5, 5.41) is 0. The third-order valence-corrected chi connectivity index (χ3v) is 4.40. The maximum atomic E-state index is 12.6. The van der Waals surface area contributed by atoms with E-state index in [1.807, 2.05) is 18.7 Å². The quantitative estimate of drug-likeness (QED) is 0.766. The fourth-order valence-electron chi connectivity index (χ4n) is 2.98. The molecule has 1 heterocycles. The third kappa shape index (κ3) is 6.61. The number of ether oxygens (including phenoxy) is 1. The Kier molecular flexibility index (Phi) is 7.46. The van der Waals surface area contributed by atoms with Gasteiger partial charge in [0.1, 0.15) is 0 Å². The molecular formula is C19H27F3N2O2. The van der Waals surface area contributed by atoms with Gasteiger partial charge in [-0.15, -0.1) is 0 Å². The molecule has 0 atom stereocenters. The summed E-state index contributed by atoms with van der Waals surface area (Å²) in [5.74, 6) is 0.0991. The van der Waals surface area contributed by atoms with Gasteiger partial charge < -0.3 is 9.64 Å². The topological polar surface area (TPSA) is 32.8 Å². The van der Waals surface area contributed by atoms with E-state index in [4.69, 9.17) is 4.74 Å². The fraction of sp³-hybridized carbons (Fsp3) is 0.632. The van der Waals surface area contributed by atoms with Gasteiger partial charge >= 0.3 is 6.18 Å². The molecule has 0 radical (unpaired) electrons. The Morgan fingerprint density at radius 2 is 1.81 bits per heavy atom. The fourth-order valence-corrected chi connectivity index (χ4v) is 2.98. The van der Waals surface area contributed by atoms with E-state index in [-0.39, 0.29) is 12.0 Å². The van der Waals surface area contributed by atoms with Crippen LogP contribution in [0.3, 0.4) is 0 Å². The van der Waals surface area contributed by atoms with E-state index in [0.717, 1.165) is 37.2 Å². The summed E-state index contributed by atoms with van der Waals surface area (Å²) in [6.45, 7) is 7.81. The van der Waals surface area contributed by atoms with Gasteiger partial charge in [0.05, 0.1) is 24.7 Å². The summed E-state index contributed by atoms with van der Waals surface area (Å²) in [5.41, 5.74) is 0.223. The maximum absolute atomic E-state index is 12.6. The highest BCUT2D eigenvalue weighted by Crippen LogP contribution is 2.29. The molecule has 26 heavy (non-hydrogen) atoms. The molecule has 0 aliphatic carbocycles. The Labute approximate surface area is 152 Å². The van der Waals surface area contributed by atoms with Gasteiger partial charge in [-0.05, 0) is 38.0 Å². The van der Waals surface area contributed by atoms with Gasteiger partial charge in [-0.1, -0.05) is 12.1 Å². The summed E-state index contributed by atoms with van der Waals surface area (Å²) in [6, 6.07) is 5.30. The van der Waals surface area contributed by atoms with Crippen LogP contribution in [0.25, 0.3) is 0 Å². The second-order valence-electron chi connectivity index (χ2n) is 6.87. The van der Waals surface area contributed by atoms with Crippen molar-refractivity contribution in [2.45, 2.75) is 45.5 Å². The Hall–Kier alpha value is -1.60. The molecule has 1 amide bonds. The van der Waals surface area contributed by atoms with Crippen molar-refractivity contribution in [3.8, 4) is 0 Å². The lowest BCUT2D eigenvalue weighted by Crippen LogP contribution is -2.35. The molecule has 0 unspecified atom stereocenters. The van der Waals surface area contributed by atoms with Crippen LogP contribution in [0.4, 0.5) is 13.2 Å². The molecule has 1 saturated heterocycles. The van der Waals surface area contributed by atoms with Crippen LogP contribution in [0.5, 0.6) is 0 Å². The predicted molar refractivity (Wildman–Crippen MR) is 93.6 cm³/mol. The van der Waals surface area contributed by atoms with E-state index in [0.29, 0.717) is 32.7 Å². The summed E-state index contributed by atoms with van der Waals surface area (Å²) in [6.07, 6.45) is -2.94. The van der Waals surface area contributed by atoms with Crippen LogP contribution < -0.4 is 0 Å². The third-order valence-electron chi connectivity index (χ3n) is 4.40. The van der Waals surface area contributed by atoms with Crippen LogP contribution in [0.1, 0.15) is 37.8 Å². The highest BCUT2D eigenvalue weighted by molar-refractivity contribution is 5.76. The van der Waals surface area contributed by atoms with Gasteiger partial charge in [0, 0.05) is 32.7 Å². The Morgan fingerprint density at radius 3 is 2.42 bits per heavy atom. The minimum absolute atomic E-state index is 0.0991. The van der Waals surface area contributed by atoms with Crippen molar-refractivity contribution in [1.82, 2.24) is 9.80 Å². The molecule has 1 aliphatic heterocycles. The molecule has 0 N–H and O–H groups in total. The second kappa shape index (κ2) is 9.37. The summed E-state index contributed by atoms with van der Waals surface area (Å²) < 4.78 is 43.3. The van der Waals surface area contributed by atoms with Crippen molar-refractivity contribution in [2.75, 3.05) is 32.8 Å². The first-order valence-electron chi connectivity index (χ1n) is 9.03. The van der Waals surface area contributed by atoms with Crippen molar-refractivity contribution < 1.29 is 22.7 Å². The molecule has 7 heteroatoms. The molecule has 0 spiro atoms. The second-order valence-corrected chi connectivity index (χ2v) is 6.87. The van der Waals surface area contributed by atoms with Crippen molar-refractivity contribution in [3.63, 3.8) is 0 Å². The zero-order valence-corrected chi connectivity index (χ0v) is 15.4. The van der Waals surface area contributed by atoms with Gasteiger partial charge in [0.25, 0.3) is 0 Å². The van der Waals surface area contributed by atoms with Gasteiger partial charge in [0.2, 0.25) is 5.91 Å². The molecule has 1 aliphatic rings. The van der Waals surface area contributed by atoms with Gasteiger partial charge in [0.15, 0.2) is 0 Å². The summed E-state index contributed by atoms with van der Waals surface area (Å²) >= 11 is 0. The Balaban J connectivity index is 1.82. The van der Waals surface area contributed by atoms with E-state index in [2.05, 4.69) is 4.90 Å². The first-order chi connectivity index (χ1) is 12.3. The van der Waals surface area contributed by atoms with Crippen LogP contribution in [0.15, 0.2) is 24.3 Å². The Morgan fingerprint density at radius 1 is 1.12 bits per heavy atom. The van der Waals surface area contributed by atoms with Crippen LogP contribution in [0.2, 0.25) is 0 Å². The first kappa shape index (κ1) is 20.7. The molecule has 146 valence electrons. The average Bonchev–Trinajstić information content (AvgIpc) is 2.80. The Bertz CT molecular complexity index is 573. The number of hydrogen-bond acceptors (Lipinski definition) is 3. The molecular weight excluding hydrogens is 345 g/mol. The minimum atomic E-state index is -4.30. The number of nitrogens with zero attached hydrogens (tertiary/aromatic N) is 2. The van der Waals surface area contributed by atoms with Crippen molar-refractivity contribution in [2.24, 2.45) is 0 Å². The van der Waals surface area contributed by atoms with Crippen molar-refractivity contribution in [1.29, 1.82) is 0 Å². The highest BCUT2D eigenvalue weighted by Gasteiger charge is 2.30. The van der Waals surface area contributed by atoms with E-state index < -0.39 is 11.7 Å².